The summed E-state index contributed by atoms with van der Waals surface area (Å²) in [5.41, 5.74) is 1.15. The van der Waals surface area contributed by atoms with Gasteiger partial charge in [0.05, 0.1) is 6.04 Å². The summed E-state index contributed by atoms with van der Waals surface area (Å²) in [5, 5.41) is 6.43. The molecule has 1 fully saturated rings. The Morgan fingerprint density at radius 3 is 2.68 bits per heavy atom. The van der Waals surface area contributed by atoms with Gasteiger partial charge >= 0.3 is 0 Å². The van der Waals surface area contributed by atoms with Gasteiger partial charge in [-0.25, -0.2) is 0 Å². The van der Waals surface area contributed by atoms with E-state index in [9.17, 15) is 4.79 Å². The van der Waals surface area contributed by atoms with E-state index in [1.807, 2.05) is 30.3 Å². The zero-order chi connectivity index (χ0) is 13.5. The first-order valence-corrected chi connectivity index (χ1v) is 7.34. The van der Waals surface area contributed by atoms with Crippen molar-refractivity contribution < 1.29 is 4.79 Å². The van der Waals surface area contributed by atoms with Gasteiger partial charge in [-0.05, 0) is 37.3 Å². The standard InChI is InChI=1S/C16H24N2O/c1-2-6-15(17-11-14-9-10-14)16(19)18-12-13-7-4-3-5-8-13/h3-5,7-8,14-15,17H,2,6,9-12H2,1H3,(H,18,19). The lowest BCUT2D eigenvalue weighted by Gasteiger charge is -2.17. The Balaban J connectivity index is 1.77. The molecule has 1 aromatic carbocycles. The van der Waals surface area contributed by atoms with E-state index in [-0.39, 0.29) is 11.9 Å². The van der Waals surface area contributed by atoms with E-state index >= 15 is 0 Å². The average Bonchev–Trinajstić information content (AvgIpc) is 3.26. The number of carbonyl (C=O) groups excluding carboxylic acids is 1. The van der Waals surface area contributed by atoms with Crippen LogP contribution in [0.3, 0.4) is 0 Å². The van der Waals surface area contributed by atoms with E-state index in [0.29, 0.717) is 6.54 Å². The van der Waals surface area contributed by atoms with Crippen LogP contribution in [-0.2, 0) is 11.3 Å². The maximum Gasteiger partial charge on any atom is 0.237 e. The molecule has 1 saturated carbocycles. The highest BCUT2D eigenvalue weighted by Crippen LogP contribution is 2.27. The van der Waals surface area contributed by atoms with Gasteiger partial charge in [0.25, 0.3) is 0 Å². The van der Waals surface area contributed by atoms with Gasteiger partial charge in [0.15, 0.2) is 0 Å². The van der Waals surface area contributed by atoms with Gasteiger partial charge in [0.2, 0.25) is 5.91 Å². The molecule has 3 heteroatoms. The van der Waals surface area contributed by atoms with Crippen molar-refractivity contribution in [1.29, 1.82) is 0 Å². The number of nitrogens with one attached hydrogen (secondary N) is 2. The fourth-order valence-electron chi connectivity index (χ4n) is 2.15. The lowest BCUT2D eigenvalue weighted by Crippen LogP contribution is -2.44. The molecule has 0 aromatic heterocycles. The van der Waals surface area contributed by atoms with Crippen LogP contribution in [0.1, 0.15) is 38.2 Å². The van der Waals surface area contributed by atoms with E-state index in [2.05, 4.69) is 17.6 Å². The largest absolute Gasteiger partial charge is 0.351 e. The van der Waals surface area contributed by atoms with Gasteiger partial charge in [-0.1, -0.05) is 43.7 Å². The van der Waals surface area contributed by atoms with E-state index in [0.717, 1.165) is 30.9 Å². The molecule has 1 atom stereocenters. The van der Waals surface area contributed by atoms with Crippen LogP contribution < -0.4 is 10.6 Å². The number of amides is 1. The van der Waals surface area contributed by atoms with Gasteiger partial charge in [-0.2, -0.15) is 0 Å². The molecule has 1 unspecified atom stereocenters. The maximum atomic E-state index is 12.2. The maximum absolute atomic E-state index is 12.2. The first-order chi connectivity index (χ1) is 9.29. The monoisotopic (exact) mass is 260 g/mol. The summed E-state index contributed by atoms with van der Waals surface area (Å²) in [7, 11) is 0. The molecule has 0 aliphatic heterocycles. The molecule has 0 bridgehead atoms. The first kappa shape index (κ1) is 14.1. The summed E-state index contributed by atoms with van der Waals surface area (Å²) < 4.78 is 0. The van der Waals surface area contributed by atoms with Crippen molar-refractivity contribution in [3.05, 3.63) is 35.9 Å². The van der Waals surface area contributed by atoms with Crippen molar-refractivity contribution in [3.8, 4) is 0 Å². The molecule has 19 heavy (non-hydrogen) atoms. The first-order valence-electron chi connectivity index (χ1n) is 7.34. The third-order valence-electron chi connectivity index (χ3n) is 3.55. The number of carbonyl (C=O) groups is 1. The van der Waals surface area contributed by atoms with Crippen LogP contribution in [0.5, 0.6) is 0 Å². The van der Waals surface area contributed by atoms with E-state index in [4.69, 9.17) is 0 Å². The van der Waals surface area contributed by atoms with E-state index in [1.54, 1.807) is 0 Å². The van der Waals surface area contributed by atoms with Crippen LogP contribution in [0.15, 0.2) is 30.3 Å². The zero-order valence-corrected chi connectivity index (χ0v) is 11.7. The molecule has 1 amide bonds. The Morgan fingerprint density at radius 2 is 2.05 bits per heavy atom. The highest BCUT2D eigenvalue weighted by Gasteiger charge is 2.24. The second-order valence-corrected chi connectivity index (χ2v) is 5.40. The summed E-state index contributed by atoms with van der Waals surface area (Å²) in [4.78, 5) is 12.2. The third-order valence-corrected chi connectivity index (χ3v) is 3.55. The minimum absolute atomic E-state index is 0.0330. The average molecular weight is 260 g/mol. The minimum Gasteiger partial charge on any atom is -0.351 e. The third kappa shape index (κ3) is 5.03. The normalized spacial score (nSPS) is 16.1. The van der Waals surface area contributed by atoms with Crippen LogP contribution in [-0.4, -0.2) is 18.5 Å². The molecule has 0 radical (unpaired) electrons. The van der Waals surface area contributed by atoms with Crippen molar-refractivity contribution in [3.63, 3.8) is 0 Å². The number of benzene rings is 1. The van der Waals surface area contributed by atoms with Crippen molar-refractivity contribution >= 4 is 5.91 Å². The fraction of sp³-hybridized carbons (Fsp3) is 0.562. The molecule has 1 aromatic rings. The number of hydrogen-bond acceptors (Lipinski definition) is 2. The van der Waals surface area contributed by atoms with Crippen LogP contribution in [0, 0.1) is 5.92 Å². The molecule has 0 saturated heterocycles. The summed E-state index contributed by atoms with van der Waals surface area (Å²) in [6.07, 6.45) is 4.57. The fourth-order valence-corrected chi connectivity index (χ4v) is 2.15. The predicted molar refractivity (Wildman–Crippen MR) is 77.7 cm³/mol. The van der Waals surface area contributed by atoms with Crippen molar-refractivity contribution in [2.45, 2.75) is 45.2 Å². The van der Waals surface area contributed by atoms with Crippen molar-refractivity contribution in [1.82, 2.24) is 10.6 Å². The lowest BCUT2D eigenvalue weighted by atomic mass is 10.1. The molecule has 0 heterocycles. The summed E-state index contributed by atoms with van der Waals surface area (Å²) in [6, 6.07) is 10.0. The van der Waals surface area contributed by atoms with Gasteiger partial charge in [-0.3, -0.25) is 4.79 Å². The summed E-state index contributed by atoms with van der Waals surface area (Å²) >= 11 is 0. The molecule has 2 rings (SSSR count). The molecule has 1 aliphatic rings. The van der Waals surface area contributed by atoms with Gasteiger partial charge in [-0.15, -0.1) is 0 Å². The molecular formula is C16H24N2O. The molecule has 1 aliphatic carbocycles. The Labute approximate surface area is 115 Å². The quantitative estimate of drug-likeness (QED) is 0.754. The van der Waals surface area contributed by atoms with Crippen LogP contribution >= 0.6 is 0 Å². The number of hydrogen-bond donors (Lipinski definition) is 2. The van der Waals surface area contributed by atoms with E-state index in [1.165, 1.54) is 12.8 Å². The molecular weight excluding hydrogens is 236 g/mol. The van der Waals surface area contributed by atoms with Crippen molar-refractivity contribution in [2.24, 2.45) is 5.92 Å². The molecule has 104 valence electrons. The van der Waals surface area contributed by atoms with Crippen LogP contribution in [0.25, 0.3) is 0 Å². The smallest absolute Gasteiger partial charge is 0.237 e. The molecule has 3 nitrogen and oxygen atoms in total. The Hall–Kier alpha value is -1.35. The lowest BCUT2D eigenvalue weighted by molar-refractivity contribution is -0.123. The number of rotatable bonds is 8. The Kier molecular flexibility index (Phi) is 5.40. The topological polar surface area (TPSA) is 41.1 Å². The molecule has 0 spiro atoms. The van der Waals surface area contributed by atoms with Gasteiger partial charge < -0.3 is 10.6 Å². The van der Waals surface area contributed by atoms with Crippen LogP contribution in [0.2, 0.25) is 0 Å². The summed E-state index contributed by atoms with van der Waals surface area (Å²) in [6.45, 7) is 3.73. The Morgan fingerprint density at radius 1 is 1.32 bits per heavy atom. The second kappa shape index (κ2) is 7.29. The predicted octanol–water partition coefficient (Wildman–Crippen LogP) is 2.47. The summed E-state index contributed by atoms with van der Waals surface area (Å²) in [5.74, 6) is 0.938. The highest BCUT2D eigenvalue weighted by molar-refractivity contribution is 5.81. The van der Waals surface area contributed by atoms with Crippen LogP contribution in [0.4, 0.5) is 0 Å². The second-order valence-electron chi connectivity index (χ2n) is 5.40. The highest BCUT2D eigenvalue weighted by atomic mass is 16.2. The van der Waals surface area contributed by atoms with E-state index < -0.39 is 0 Å². The van der Waals surface area contributed by atoms with Crippen molar-refractivity contribution in [2.75, 3.05) is 6.54 Å². The van der Waals surface area contributed by atoms with Gasteiger partial charge in [0, 0.05) is 6.54 Å². The van der Waals surface area contributed by atoms with Gasteiger partial charge in [0.1, 0.15) is 0 Å². The minimum atomic E-state index is -0.0330. The molecule has 2 N–H and O–H groups in total. The SMILES string of the molecule is CCCC(NCC1CC1)C(=O)NCc1ccccc1. The Bertz CT molecular complexity index is 387. The zero-order valence-electron chi connectivity index (χ0n) is 11.7.